The second kappa shape index (κ2) is 7.47. The van der Waals surface area contributed by atoms with E-state index in [1.807, 2.05) is 6.92 Å². The van der Waals surface area contributed by atoms with Crippen LogP contribution in [0.5, 0.6) is 11.5 Å². The SMILES string of the molecule is COc1ccc(C(=O)NCCC2(C)OCCCO2)cc1OC. The molecule has 1 aromatic carbocycles. The Labute approximate surface area is 130 Å². The maximum Gasteiger partial charge on any atom is 0.251 e. The molecule has 122 valence electrons. The van der Waals surface area contributed by atoms with Crippen LogP contribution >= 0.6 is 0 Å². The normalized spacial score (nSPS) is 16.9. The van der Waals surface area contributed by atoms with E-state index in [0.717, 1.165) is 6.42 Å². The standard InChI is InChI=1S/C16H23NO5/c1-16(21-9-4-10-22-16)7-8-17-15(18)12-5-6-13(19-2)14(11-12)20-3/h5-6,11H,4,7-10H2,1-3H3,(H,17,18). The summed E-state index contributed by atoms with van der Waals surface area (Å²) in [5, 5.41) is 2.86. The zero-order valence-electron chi connectivity index (χ0n) is 13.3. The summed E-state index contributed by atoms with van der Waals surface area (Å²) in [6, 6.07) is 5.07. The Morgan fingerprint density at radius 2 is 1.91 bits per heavy atom. The second-order valence-corrected chi connectivity index (χ2v) is 5.26. The van der Waals surface area contributed by atoms with E-state index in [9.17, 15) is 4.79 Å². The van der Waals surface area contributed by atoms with Crippen LogP contribution in [-0.2, 0) is 9.47 Å². The van der Waals surface area contributed by atoms with Crippen LogP contribution in [0.15, 0.2) is 18.2 Å². The number of benzene rings is 1. The lowest BCUT2D eigenvalue weighted by atomic mass is 10.1. The van der Waals surface area contributed by atoms with Gasteiger partial charge < -0.3 is 24.3 Å². The van der Waals surface area contributed by atoms with Crippen LogP contribution in [-0.4, -0.2) is 45.7 Å². The summed E-state index contributed by atoms with van der Waals surface area (Å²) >= 11 is 0. The molecule has 1 aromatic rings. The lowest BCUT2D eigenvalue weighted by Gasteiger charge is -2.33. The molecule has 0 spiro atoms. The summed E-state index contributed by atoms with van der Waals surface area (Å²) in [7, 11) is 3.10. The van der Waals surface area contributed by atoms with Gasteiger partial charge in [0.15, 0.2) is 17.3 Å². The molecule has 22 heavy (non-hydrogen) atoms. The van der Waals surface area contributed by atoms with E-state index in [2.05, 4.69) is 5.32 Å². The molecule has 1 N–H and O–H groups in total. The fourth-order valence-corrected chi connectivity index (χ4v) is 2.30. The predicted octanol–water partition coefficient (Wildman–Crippen LogP) is 1.98. The van der Waals surface area contributed by atoms with Gasteiger partial charge in [0, 0.05) is 18.5 Å². The smallest absolute Gasteiger partial charge is 0.251 e. The number of hydrogen-bond acceptors (Lipinski definition) is 5. The van der Waals surface area contributed by atoms with Crippen molar-refractivity contribution in [2.45, 2.75) is 25.6 Å². The Kier molecular flexibility index (Phi) is 5.63. The molecule has 6 heteroatoms. The minimum absolute atomic E-state index is 0.166. The Balaban J connectivity index is 1.89. The van der Waals surface area contributed by atoms with Gasteiger partial charge in [-0.05, 0) is 31.5 Å². The van der Waals surface area contributed by atoms with Gasteiger partial charge in [-0.1, -0.05) is 0 Å². The summed E-state index contributed by atoms with van der Waals surface area (Å²) in [4.78, 5) is 12.2. The fourth-order valence-electron chi connectivity index (χ4n) is 2.30. The van der Waals surface area contributed by atoms with Gasteiger partial charge in [-0.15, -0.1) is 0 Å². The van der Waals surface area contributed by atoms with Crippen LogP contribution in [0.1, 0.15) is 30.1 Å². The highest BCUT2D eigenvalue weighted by atomic mass is 16.7. The molecule has 1 fully saturated rings. The first-order valence-corrected chi connectivity index (χ1v) is 7.36. The number of carbonyl (C=O) groups excluding carboxylic acids is 1. The van der Waals surface area contributed by atoms with Crippen molar-refractivity contribution < 1.29 is 23.7 Å². The molecule has 0 aliphatic carbocycles. The maximum atomic E-state index is 12.2. The highest BCUT2D eigenvalue weighted by Gasteiger charge is 2.28. The molecular formula is C16H23NO5. The number of ether oxygens (including phenoxy) is 4. The molecule has 0 radical (unpaired) electrons. The van der Waals surface area contributed by atoms with Gasteiger partial charge in [0.25, 0.3) is 5.91 Å². The molecule has 1 saturated heterocycles. The summed E-state index contributed by atoms with van der Waals surface area (Å²) in [6.07, 6.45) is 1.51. The molecule has 0 aromatic heterocycles. The van der Waals surface area contributed by atoms with Crippen LogP contribution in [0.2, 0.25) is 0 Å². The van der Waals surface area contributed by atoms with Crippen molar-refractivity contribution in [1.82, 2.24) is 5.32 Å². The minimum atomic E-state index is -0.608. The topological polar surface area (TPSA) is 66.0 Å². The van der Waals surface area contributed by atoms with Crippen molar-refractivity contribution in [2.24, 2.45) is 0 Å². The molecule has 0 saturated carbocycles. The molecule has 6 nitrogen and oxygen atoms in total. The van der Waals surface area contributed by atoms with E-state index >= 15 is 0 Å². The molecule has 1 aliphatic heterocycles. The zero-order valence-corrected chi connectivity index (χ0v) is 13.3. The molecule has 2 rings (SSSR count). The summed E-state index contributed by atoms with van der Waals surface area (Å²) < 4.78 is 21.6. The largest absolute Gasteiger partial charge is 0.493 e. The van der Waals surface area contributed by atoms with E-state index in [0.29, 0.717) is 43.2 Å². The summed E-state index contributed by atoms with van der Waals surface area (Å²) in [5.74, 6) is 0.348. The van der Waals surface area contributed by atoms with Crippen LogP contribution in [0.3, 0.4) is 0 Å². The van der Waals surface area contributed by atoms with Crippen LogP contribution in [0.4, 0.5) is 0 Å². The van der Waals surface area contributed by atoms with Gasteiger partial charge in [0.2, 0.25) is 0 Å². The number of hydrogen-bond donors (Lipinski definition) is 1. The monoisotopic (exact) mass is 309 g/mol. The van der Waals surface area contributed by atoms with Crippen molar-refractivity contribution in [3.05, 3.63) is 23.8 Å². The molecule has 0 unspecified atom stereocenters. The van der Waals surface area contributed by atoms with Crippen LogP contribution in [0, 0.1) is 0 Å². The third-order valence-corrected chi connectivity index (χ3v) is 3.61. The first-order chi connectivity index (χ1) is 10.6. The first-order valence-electron chi connectivity index (χ1n) is 7.36. The van der Waals surface area contributed by atoms with Crippen molar-refractivity contribution in [2.75, 3.05) is 34.0 Å². The summed E-state index contributed by atoms with van der Waals surface area (Å²) in [6.45, 7) is 3.76. The van der Waals surface area contributed by atoms with Gasteiger partial charge in [-0.3, -0.25) is 4.79 Å². The third-order valence-electron chi connectivity index (χ3n) is 3.61. The van der Waals surface area contributed by atoms with Crippen molar-refractivity contribution in [1.29, 1.82) is 0 Å². The molecular weight excluding hydrogens is 286 g/mol. The lowest BCUT2D eigenvalue weighted by molar-refractivity contribution is -0.257. The lowest BCUT2D eigenvalue weighted by Crippen LogP contribution is -2.40. The van der Waals surface area contributed by atoms with Gasteiger partial charge >= 0.3 is 0 Å². The first kappa shape index (κ1) is 16.6. The fraction of sp³-hybridized carbons (Fsp3) is 0.562. The maximum absolute atomic E-state index is 12.2. The van der Waals surface area contributed by atoms with E-state index in [4.69, 9.17) is 18.9 Å². The molecule has 1 amide bonds. The summed E-state index contributed by atoms with van der Waals surface area (Å²) in [5.41, 5.74) is 0.522. The van der Waals surface area contributed by atoms with E-state index < -0.39 is 5.79 Å². The molecule has 0 atom stereocenters. The van der Waals surface area contributed by atoms with Crippen LogP contribution < -0.4 is 14.8 Å². The van der Waals surface area contributed by atoms with E-state index in [-0.39, 0.29) is 5.91 Å². The number of nitrogens with one attached hydrogen (secondary N) is 1. The molecule has 1 heterocycles. The zero-order chi connectivity index (χ0) is 16.0. The third kappa shape index (κ3) is 4.11. The predicted molar refractivity (Wildman–Crippen MR) is 81.4 cm³/mol. The Hall–Kier alpha value is -1.79. The highest BCUT2D eigenvalue weighted by Crippen LogP contribution is 2.27. The Bertz CT molecular complexity index is 511. The van der Waals surface area contributed by atoms with Crippen molar-refractivity contribution >= 4 is 5.91 Å². The van der Waals surface area contributed by atoms with E-state index in [1.165, 1.54) is 7.11 Å². The number of rotatable bonds is 6. The Morgan fingerprint density at radius 3 is 2.55 bits per heavy atom. The van der Waals surface area contributed by atoms with Gasteiger partial charge in [0.1, 0.15) is 0 Å². The second-order valence-electron chi connectivity index (χ2n) is 5.26. The van der Waals surface area contributed by atoms with E-state index in [1.54, 1.807) is 25.3 Å². The average molecular weight is 309 g/mol. The van der Waals surface area contributed by atoms with Crippen molar-refractivity contribution in [3.8, 4) is 11.5 Å². The Morgan fingerprint density at radius 1 is 1.23 bits per heavy atom. The minimum Gasteiger partial charge on any atom is -0.493 e. The van der Waals surface area contributed by atoms with Gasteiger partial charge in [0.05, 0.1) is 27.4 Å². The number of methoxy groups -OCH3 is 2. The number of amides is 1. The highest BCUT2D eigenvalue weighted by molar-refractivity contribution is 5.94. The van der Waals surface area contributed by atoms with Crippen molar-refractivity contribution in [3.63, 3.8) is 0 Å². The van der Waals surface area contributed by atoms with Crippen LogP contribution in [0.25, 0.3) is 0 Å². The molecule has 1 aliphatic rings. The quantitative estimate of drug-likeness (QED) is 0.870. The van der Waals surface area contributed by atoms with Gasteiger partial charge in [-0.25, -0.2) is 0 Å². The average Bonchev–Trinajstić information content (AvgIpc) is 2.54. The molecule has 0 bridgehead atoms. The number of carbonyl (C=O) groups is 1. The van der Waals surface area contributed by atoms with Gasteiger partial charge in [-0.2, -0.15) is 0 Å².